The normalized spacial score (nSPS) is 16.1. The van der Waals surface area contributed by atoms with Crippen molar-refractivity contribution in [2.75, 3.05) is 0 Å². The van der Waals surface area contributed by atoms with Crippen LogP contribution < -0.4 is 5.73 Å². The lowest BCUT2D eigenvalue weighted by Crippen LogP contribution is -2.21. The summed E-state index contributed by atoms with van der Waals surface area (Å²) in [6.07, 6.45) is -9.13. The molecule has 2 atom stereocenters. The fourth-order valence-corrected chi connectivity index (χ4v) is 1.75. The first-order chi connectivity index (χ1) is 8.96. The Morgan fingerprint density at radius 1 is 0.950 bits per heavy atom. The third kappa shape index (κ3) is 3.88. The van der Waals surface area contributed by atoms with Crippen LogP contribution in [-0.2, 0) is 12.4 Å². The van der Waals surface area contributed by atoms with Crippen LogP contribution in [0, 0.1) is 5.92 Å². The van der Waals surface area contributed by atoms with Gasteiger partial charge in [0.25, 0.3) is 0 Å². The van der Waals surface area contributed by atoms with Gasteiger partial charge < -0.3 is 5.73 Å². The van der Waals surface area contributed by atoms with E-state index in [0.29, 0.717) is 18.6 Å². The highest BCUT2D eigenvalue weighted by atomic mass is 19.4. The molecule has 0 aliphatic carbocycles. The van der Waals surface area contributed by atoms with E-state index in [1.165, 1.54) is 0 Å². The molecule has 2 N–H and O–H groups in total. The van der Waals surface area contributed by atoms with E-state index < -0.39 is 29.5 Å². The molecule has 1 aromatic rings. The highest BCUT2D eigenvalue weighted by Crippen LogP contribution is 2.38. The SMILES string of the molecule is CCC(C)[C@H](N)c1cc(C(F)(F)F)cc(C(F)(F)F)c1. The first-order valence-corrected chi connectivity index (χ1v) is 6.01. The van der Waals surface area contributed by atoms with Gasteiger partial charge in [-0.1, -0.05) is 20.3 Å². The molecule has 0 radical (unpaired) electrons. The van der Waals surface area contributed by atoms with E-state index in [1.54, 1.807) is 13.8 Å². The Labute approximate surface area is 112 Å². The summed E-state index contributed by atoms with van der Waals surface area (Å²) in [6.45, 7) is 3.45. The number of halogens is 6. The Hall–Kier alpha value is -1.24. The molecular formula is C13H15F6N. The number of alkyl halides is 6. The van der Waals surface area contributed by atoms with Gasteiger partial charge in [0.2, 0.25) is 0 Å². The maximum absolute atomic E-state index is 12.7. The second kappa shape index (κ2) is 5.63. The molecule has 1 rings (SSSR count). The maximum atomic E-state index is 12.7. The van der Waals surface area contributed by atoms with Gasteiger partial charge in [-0.15, -0.1) is 0 Å². The third-order valence-corrected chi connectivity index (χ3v) is 3.25. The summed E-state index contributed by atoms with van der Waals surface area (Å²) >= 11 is 0. The van der Waals surface area contributed by atoms with Gasteiger partial charge in [-0.25, -0.2) is 0 Å². The van der Waals surface area contributed by atoms with Crippen LogP contribution in [-0.4, -0.2) is 0 Å². The van der Waals surface area contributed by atoms with Crippen LogP contribution in [0.1, 0.15) is 43.0 Å². The highest BCUT2D eigenvalue weighted by molar-refractivity contribution is 5.35. The lowest BCUT2D eigenvalue weighted by Gasteiger charge is -2.21. The van der Waals surface area contributed by atoms with Crippen LogP contribution in [0.2, 0.25) is 0 Å². The van der Waals surface area contributed by atoms with E-state index in [1.807, 2.05) is 0 Å². The predicted molar refractivity (Wildman–Crippen MR) is 62.8 cm³/mol. The molecule has 1 nitrogen and oxygen atoms in total. The molecule has 0 spiro atoms. The number of rotatable bonds is 3. The molecule has 0 saturated heterocycles. The van der Waals surface area contributed by atoms with E-state index in [4.69, 9.17) is 5.73 Å². The van der Waals surface area contributed by atoms with Crippen molar-refractivity contribution in [3.05, 3.63) is 34.9 Å². The van der Waals surface area contributed by atoms with Crippen molar-refractivity contribution in [3.63, 3.8) is 0 Å². The molecule has 0 aliphatic heterocycles. The molecule has 0 aliphatic rings. The van der Waals surface area contributed by atoms with Gasteiger partial charge in [0, 0.05) is 6.04 Å². The first-order valence-electron chi connectivity index (χ1n) is 6.01. The van der Waals surface area contributed by atoms with Gasteiger partial charge in [-0.2, -0.15) is 26.3 Å². The van der Waals surface area contributed by atoms with E-state index in [-0.39, 0.29) is 17.5 Å². The van der Waals surface area contributed by atoms with Crippen molar-refractivity contribution in [2.24, 2.45) is 11.7 Å². The minimum absolute atomic E-state index is 0.104. The summed E-state index contributed by atoms with van der Waals surface area (Å²) in [6, 6.07) is 0.605. The minimum Gasteiger partial charge on any atom is -0.324 e. The summed E-state index contributed by atoms with van der Waals surface area (Å²) in [4.78, 5) is 0. The van der Waals surface area contributed by atoms with E-state index in [2.05, 4.69) is 0 Å². The standard InChI is InChI=1S/C13H15F6N/c1-3-7(2)11(20)8-4-9(12(14,15)16)6-10(5-8)13(17,18)19/h4-7,11H,3,20H2,1-2H3/t7?,11-/m0/s1. The molecule has 7 heteroatoms. The number of hydrogen-bond acceptors (Lipinski definition) is 1. The second-order valence-electron chi connectivity index (χ2n) is 4.75. The van der Waals surface area contributed by atoms with Gasteiger partial charge in [0.1, 0.15) is 0 Å². The Bertz CT molecular complexity index is 431. The Kier molecular flexibility index (Phi) is 4.74. The average molecular weight is 299 g/mol. The van der Waals surface area contributed by atoms with Gasteiger partial charge in [0.15, 0.2) is 0 Å². The Morgan fingerprint density at radius 3 is 1.65 bits per heavy atom. The van der Waals surface area contributed by atoms with Gasteiger partial charge in [-0.3, -0.25) is 0 Å². The molecular weight excluding hydrogens is 284 g/mol. The zero-order chi connectivity index (χ0) is 15.7. The van der Waals surface area contributed by atoms with Crippen LogP contribution >= 0.6 is 0 Å². The number of hydrogen-bond donors (Lipinski definition) is 1. The first kappa shape index (κ1) is 16.8. The van der Waals surface area contributed by atoms with Crippen molar-refractivity contribution >= 4 is 0 Å². The molecule has 0 bridgehead atoms. The smallest absolute Gasteiger partial charge is 0.324 e. The molecule has 1 aromatic carbocycles. The zero-order valence-electron chi connectivity index (χ0n) is 10.9. The maximum Gasteiger partial charge on any atom is 0.416 e. The molecule has 20 heavy (non-hydrogen) atoms. The number of benzene rings is 1. The van der Waals surface area contributed by atoms with Crippen molar-refractivity contribution in [1.82, 2.24) is 0 Å². The molecule has 114 valence electrons. The summed E-state index contributed by atoms with van der Waals surface area (Å²) in [5.41, 5.74) is 2.92. The van der Waals surface area contributed by atoms with Crippen molar-refractivity contribution in [1.29, 1.82) is 0 Å². The molecule has 0 fully saturated rings. The zero-order valence-corrected chi connectivity index (χ0v) is 10.9. The lowest BCUT2D eigenvalue weighted by atomic mass is 9.91. The van der Waals surface area contributed by atoms with Gasteiger partial charge in [-0.05, 0) is 29.7 Å². The third-order valence-electron chi connectivity index (χ3n) is 3.25. The number of nitrogens with two attached hydrogens (primary N) is 1. The van der Waals surface area contributed by atoms with E-state index in [9.17, 15) is 26.3 Å². The minimum atomic E-state index is -4.84. The summed E-state index contributed by atoms with van der Waals surface area (Å²) in [5.74, 6) is -0.223. The van der Waals surface area contributed by atoms with Crippen molar-refractivity contribution < 1.29 is 26.3 Å². The molecule has 1 unspecified atom stereocenters. The van der Waals surface area contributed by atoms with E-state index in [0.717, 1.165) is 0 Å². The summed E-state index contributed by atoms with van der Waals surface area (Å²) in [5, 5.41) is 0. The highest BCUT2D eigenvalue weighted by Gasteiger charge is 2.37. The van der Waals surface area contributed by atoms with Crippen LogP contribution in [0.3, 0.4) is 0 Å². The average Bonchev–Trinajstić information content (AvgIpc) is 2.34. The van der Waals surface area contributed by atoms with Crippen LogP contribution in [0.15, 0.2) is 18.2 Å². The molecule has 0 aromatic heterocycles. The summed E-state index contributed by atoms with van der Waals surface area (Å²) in [7, 11) is 0. The fourth-order valence-electron chi connectivity index (χ4n) is 1.75. The quantitative estimate of drug-likeness (QED) is 0.799. The lowest BCUT2D eigenvalue weighted by molar-refractivity contribution is -0.143. The Balaban J connectivity index is 3.38. The van der Waals surface area contributed by atoms with E-state index >= 15 is 0 Å². The molecule has 0 heterocycles. The monoisotopic (exact) mass is 299 g/mol. The van der Waals surface area contributed by atoms with Gasteiger partial charge >= 0.3 is 12.4 Å². The predicted octanol–water partition coefficient (Wildman–Crippen LogP) is 4.77. The van der Waals surface area contributed by atoms with Crippen molar-refractivity contribution in [3.8, 4) is 0 Å². The Morgan fingerprint density at radius 2 is 1.35 bits per heavy atom. The van der Waals surface area contributed by atoms with Gasteiger partial charge in [0.05, 0.1) is 11.1 Å². The molecule has 0 amide bonds. The van der Waals surface area contributed by atoms with Crippen LogP contribution in [0.4, 0.5) is 26.3 Å². The molecule has 0 saturated carbocycles. The largest absolute Gasteiger partial charge is 0.416 e. The second-order valence-corrected chi connectivity index (χ2v) is 4.75. The van der Waals surface area contributed by atoms with Crippen LogP contribution in [0.5, 0.6) is 0 Å². The topological polar surface area (TPSA) is 26.0 Å². The van der Waals surface area contributed by atoms with Crippen LogP contribution in [0.25, 0.3) is 0 Å². The fraction of sp³-hybridized carbons (Fsp3) is 0.538. The van der Waals surface area contributed by atoms with Crippen molar-refractivity contribution in [2.45, 2.75) is 38.7 Å². The summed E-state index contributed by atoms with van der Waals surface area (Å²) < 4.78 is 76.0.